The van der Waals surface area contributed by atoms with Gasteiger partial charge in [-0.3, -0.25) is 5.10 Å². The highest BCUT2D eigenvalue weighted by atomic mass is 16.5. The van der Waals surface area contributed by atoms with Crippen molar-refractivity contribution in [1.29, 1.82) is 0 Å². The summed E-state index contributed by atoms with van der Waals surface area (Å²) in [5, 5.41) is 6.75. The Kier molecular flexibility index (Phi) is 3.42. The highest BCUT2D eigenvalue weighted by molar-refractivity contribution is 5.32. The number of benzene rings is 1. The summed E-state index contributed by atoms with van der Waals surface area (Å²) in [6, 6.07) is 7.98. The molecule has 0 aliphatic carbocycles. The molecule has 17 heavy (non-hydrogen) atoms. The number of ether oxygens (including phenoxy) is 1. The lowest BCUT2D eigenvalue weighted by atomic mass is 10.1. The van der Waals surface area contributed by atoms with Crippen LogP contribution in [-0.4, -0.2) is 15.2 Å². The molecule has 2 aromatic rings. The summed E-state index contributed by atoms with van der Waals surface area (Å²) in [7, 11) is 0. The van der Waals surface area contributed by atoms with Crippen LogP contribution in [0.25, 0.3) is 0 Å². The summed E-state index contributed by atoms with van der Waals surface area (Å²) in [4.78, 5) is 4.17. The van der Waals surface area contributed by atoms with Crippen molar-refractivity contribution in [3.05, 3.63) is 42.0 Å². The predicted molar refractivity (Wildman–Crippen MR) is 65.8 cm³/mol. The standard InChI is InChI=1S/C13H17N3O/c1-9(2)12(13-14-8-15-16-13)17-11-7-5-4-6-10(11)3/h4-9,12H,1-3H3,(H,14,15,16). The van der Waals surface area contributed by atoms with E-state index in [1.165, 1.54) is 6.33 Å². The molecule has 90 valence electrons. The lowest BCUT2D eigenvalue weighted by Gasteiger charge is -2.21. The normalized spacial score (nSPS) is 12.7. The molecule has 4 nitrogen and oxygen atoms in total. The maximum Gasteiger partial charge on any atom is 0.165 e. The Balaban J connectivity index is 2.23. The zero-order valence-corrected chi connectivity index (χ0v) is 10.3. The summed E-state index contributed by atoms with van der Waals surface area (Å²) in [5.74, 6) is 1.98. The number of aromatic amines is 1. The summed E-state index contributed by atoms with van der Waals surface area (Å²) in [6.07, 6.45) is 1.41. The van der Waals surface area contributed by atoms with Crippen LogP contribution in [-0.2, 0) is 0 Å². The Hall–Kier alpha value is -1.84. The molecule has 1 aromatic carbocycles. The van der Waals surface area contributed by atoms with E-state index in [1.807, 2.05) is 31.2 Å². The summed E-state index contributed by atoms with van der Waals surface area (Å²) < 4.78 is 6.02. The Morgan fingerprint density at radius 3 is 2.59 bits per heavy atom. The topological polar surface area (TPSA) is 50.8 Å². The number of H-pyrrole nitrogens is 1. The van der Waals surface area contributed by atoms with Gasteiger partial charge in [0.25, 0.3) is 0 Å². The third-order valence-electron chi connectivity index (χ3n) is 2.66. The molecule has 0 radical (unpaired) electrons. The average molecular weight is 231 g/mol. The molecule has 0 bridgehead atoms. The van der Waals surface area contributed by atoms with Gasteiger partial charge in [0.05, 0.1) is 0 Å². The van der Waals surface area contributed by atoms with Gasteiger partial charge in [-0.05, 0) is 24.5 Å². The minimum absolute atomic E-state index is 0.0985. The van der Waals surface area contributed by atoms with E-state index in [1.54, 1.807) is 0 Å². The fourth-order valence-electron chi connectivity index (χ4n) is 1.69. The van der Waals surface area contributed by atoms with Crippen molar-refractivity contribution in [2.75, 3.05) is 0 Å². The molecule has 0 saturated heterocycles. The second kappa shape index (κ2) is 4.99. The van der Waals surface area contributed by atoms with Gasteiger partial charge < -0.3 is 4.74 Å². The van der Waals surface area contributed by atoms with Crippen molar-refractivity contribution in [1.82, 2.24) is 15.2 Å². The van der Waals surface area contributed by atoms with Crippen molar-refractivity contribution >= 4 is 0 Å². The fraction of sp³-hybridized carbons (Fsp3) is 0.385. The van der Waals surface area contributed by atoms with Crippen LogP contribution in [0.5, 0.6) is 5.75 Å². The van der Waals surface area contributed by atoms with Gasteiger partial charge in [0, 0.05) is 0 Å². The Morgan fingerprint density at radius 2 is 2.00 bits per heavy atom. The molecule has 1 N–H and O–H groups in total. The molecule has 0 aliphatic heterocycles. The molecule has 1 unspecified atom stereocenters. The molecule has 1 heterocycles. The van der Waals surface area contributed by atoms with E-state index in [0.29, 0.717) is 5.92 Å². The van der Waals surface area contributed by atoms with Crippen LogP contribution >= 0.6 is 0 Å². The third-order valence-corrected chi connectivity index (χ3v) is 2.66. The summed E-state index contributed by atoms with van der Waals surface area (Å²) >= 11 is 0. The molecule has 0 amide bonds. The lowest BCUT2D eigenvalue weighted by molar-refractivity contribution is 0.143. The largest absolute Gasteiger partial charge is 0.482 e. The molecule has 0 saturated carbocycles. The first kappa shape index (κ1) is 11.6. The smallest absolute Gasteiger partial charge is 0.165 e. The van der Waals surface area contributed by atoms with E-state index < -0.39 is 0 Å². The van der Waals surface area contributed by atoms with Crippen molar-refractivity contribution in [2.24, 2.45) is 5.92 Å². The highest BCUT2D eigenvalue weighted by Crippen LogP contribution is 2.27. The highest BCUT2D eigenvalue weighted by Gasteiger charge is 2.21. The summed E-state index contributed by atoms with van der Waals surface area (Å²) in [5.41, 5.74) is 1.12. The third kappa shape index (κ3) is 2.64. The monoisotopic (exact) mass is 231 g/mol. The number of nitrogens with one attached hydrogen (secondary N) is 1. The second-order valence-corrected chi connectivity index (χ2v) is 4.42. The minimum Gasteiger partial charge on any atom is -0.482 e. The molecular weight excluding hydrogens is 214 g/mol. The first-order valence-electron chi connectivity index (χ1n) is 5.76. The number of rotatable bonds is 4. The lowest BCUT2D eigenvalue weighted by Crippen LogP contribution is -2.16. The molecular formula is C13H17N3O. The fourth-order valence-corrected chi connectivity index (χ4v) is 1.69. The van der Waals surface area contributed by atoms with Gasteiger partial charge in [-0.2, -0.15) is 5.10 Å². The van der Waals surface area contributed by atoms with Gasteiger partial charge in [-0.25, -0.2) is 4.98 Å². The molecule has 2 rings (SSSR count). The maximum absolute atomic E-state index is 6.02. The van der Waals surface area contributed by atoms with Gasteiger partial charge >= 0.3 is 0 Å². The quantitative estimate of drug-likeness (QED) is 0.880. The molecule has 0 aliphatic rings. The van der Waals surface area contributed by atoms with Crippen LogP contribution in [0, 0.1) is 12.8 Å². The van der Waals surface area contributed by atoms with E-state index in [4.69, 9.17) is 4.74 Å². The Bertz CT molecular complexity index is 465. The molecule has 4 heteroatoms. The molecule has 0 fully saturated rings. The number of aryl methyl sites for hydroxylation is 1. The number of hydrogen-bond acceptors (Lipinski definition) is 3. The van der Waals surface area contributed by atoms with Gasteiger partial charge in [-0.1, -0.05) is 32.0 Å². The van der Waals surface area contributed by atoms with Crippen LogP contribution in [0.3, 0.4) is 0 Å². The SMILES string of the molecule is Cc1ccccc1OC(c1ncn[nH]1)C(C)C. The van der Waals surface area contributed by atoms with Crippen molar-refractivity contribution in [3.8, 4) is 5.75 Å². The van der Waals surface area contributed by atoms with E-state index in [9.17, 15) is 0 Å². The van der Waals surface area contributed by atoms with Gasteiger partial charge in [0.1, 0.15) is 12.1 Å². The number of para-hydroxylation sites is 1. The molecule has 0 spiro atoms. The average Bonchev–Trinajstić information content (AvgIpc) is 2.81. The number of nitrogens with zero attached hydrogens (tertiary/aromatic N) is 2. The van der Waals surface area contributed by atoms with Crippen LogP contribution < -0.4 is 4.74 Å². The van der Waals surface area contributed by atoms with Gasteiger partial charge in [-0.15, -0.1) is 0 Å². The van der Waals surface area contributed by atoms with E-state index in [0.717, 1.165) is 17.1 Å². The van der Waals surface area contributed by atoms with Crippen molar-refractivity contribution < 1.29 is 4.74 Å². The van der Waals surface area contributed by atoms with Crippen molar-refractivity contribution in [2.45, 2.75) is 26.9 Å². The van der Waals surface area contributed by atoms with E-state index in [-0.39, 0.29) is 6.10 Å². The van der Waals surface area contributed by atoms with Gasteiger partial charge in [0.2, 0.25) is 0 Å². The number of hydrogen-bond donors (Lipinski definition) is 1. The predicted octanol–water partition coefficient (Wildman–Crippen LogP) is 2.89. The minimum atomic E-state index is -0.0985. The van der Waals surface area contributed by atoms with E-state index >= 15 is 0 Å². The van der Waals surface area contributed by atoms with Crippen LogP contribution in [0.1, 0.15) is 31.3 Å². The number of aromatic nitrogens is 3. The second-order valence-electron chi connectivity index (χ2n) is 4.42. The first-order chi connectivity index (χ1) is 8.18. The first-order valence-corrected chi connectivity index (χ1v) is 5.76. The van der Waals surface area contributed by atoms with Gasteiger partial charge in [0.15, 0.2) is 11.9 Å². The Labute approximate surface area is 101 Å². The van der Waals surface area contributed by atoms with Crippen LogP contribution in [0.4, 0.5) is 0 Å². The Morgan fingerprint density at radius 1 is 1.24 bits per heavy atom. The molecule has 1 aromatic heterocycles. The van der Waals surface area contributed by atoms with Crippen LogP contribution in [0.15, 0.2) is 30.6 Å². The van der Waals surface area contributed by atoms with Crippen molar-refractivity contribution in [3.63, 3.8) is 0 Å². The maximum atomic E-state index is 6.02. The van der Waals surface area contributed by atoms with E-state index in [2.05, 4.69) is 29.0 Å². The zero-order valence-electron chi connectivity index (χ0n) is 10.3. The molecule has 1 atom stereocenters. The van der Waals surface area contributed by atoms with Crippen LogP contribution in [0.2, 0.25) is 0 Å². The zero-order chi connectivity index (χ0) is 12.3. The summed E-state index contributed by atoms with van der Waals surface area (Å²) in [6.45, 7) is 6.24.